The molecule has 1 saturated heterocycles. The Balaban J connectivity index is 0.00000320. The van der Waals surface area contributed by atoms with Gasteiger partial charge in [0, 0.05) is 43.8 Å². The second-order valence-electron chi connectivity index (χ2n) is 6.84. The van der Waals surface area contributed by atoms with E-state index in [9.17, 15) is 13.2 Å². The van der Waals surface area contributed by atoms with E-state index in [2.05, 4.69) is 30.5 Å². The van der Waals surface area contributed by atoms with E-state index in [0.717, 1.165) is 54.9 Å². The van der Waals surface area contributed by atoms with Crippen molar-refractivity contribution in [1.82, 2.24) is 25.5 Å². The number of alkyl halides is 3. The van der Waals surface area contributed by atoms with Crippen LogP contribution in [0, 0.1) is 0 Å². The highest BCUT2D eigenvalue weighted by atomic mass is 127. The van der Waals surface area contributed by atoms with Gasteiger partial charge in [0.1, 0.15) is 5.01 Å². The Bertz CT molecular complexity index is 791. The Morgan fingerprint density at radius 1 is 1.30 bits per heavy atom. The zero-order chi connectivity index (χ0) is 20.7. The van der Waals surface area contributed by atoms with Crippen molar-refractivity contribution >= 4 is 41.3 Å². The highest BCUT2D eigenvalue weighted by molar-refractivity contribution is 14.0. The van der Waals surface area contributed by atoms with E-state index in [1.807, 2.05) is 31.3 Å². The van der Waals surface area contributed by atoms with Crippen LogP contribution in [0.4, 0.5) is 13.2 Å². The van der Waals surface area contributed by atoms with E-state index in [4.69, 9.17) is 0 Å². The van der Waals surface area contributed by atoms with Crippen molar-refractivity contribution < 1.29 is 13.2 Å². The van der Waals surface area contributed by atoms with Gasteiger partial charge in [-0.2, -0.15) is 13.2 Å². The topological polar surface area (TPSA) is 65.4 Å². The molecule has 2 aromatic rings. The molecule has 2 N–H and O–H groups in total. The number of aromatic nitrogens is 2. The second-order valence-corrected chi connectivity index (χ2v) is 7.78. The maximum absolute atomic E-state index is 12.7. The molecule has 1 fully saturated rings. The molecule has 0 radical (unpaired) electrons. The van der Waals surface area contributed by atoms with Gasteiger partial charge in [-0.25, -0.2) is 9.98 Å². The highest BCUT2D eigenvalue weighted by Gasteiger charge is 2.33. The number of guanidine groups is 1. The van der Waals surface area contributed by atoms with Crippen LogP contribution in [-0.4, -0.2) is 46.5 Å². The van der Waals surface area contributed by atoms with Crippen molar-refractivity contribution in [3.63, 3.8) is 0 Å². The van der Waals surface area contributed by atoms with Gasteiger partial charge in [-0.15, -0.1) is 35.3 Å². The van der Waals surface area contributed by atoms with Crippen molar-refractivity contribution in [2.45, 2.75) is 45.1 Å². The van der Waals surface area contributed by atoms with Crippen molar-refractivity contribution in [3.05, 3.63) is 46.2 Å². The fourth-order valence-corrected chi connectivity index (χ4v) is 3.85. The van der Waals surface area contributed by atoms with Crippen LogP contribution in [0.5, 0.6) is 0 Å². The summed E-state index contributed by atoms with van der Waals surface area (Å²) in [5.41, 5.74) is 0.210. The van der Waals surface area contributed by atoms with Gasteiger partial charge in [0.25, 0.3) is 0 Å². The quantitative estimate of drug-likeness (QED) is 0.323. The average molecular weight is 554 g/mol. The first-order valence-electron chi connectivity index (χ1n) is 9.62. The van der Waals surface area contributed by atoms with Gasteiger partial charge in [0.05, 0.1) is 12.2 Å². The molecule has 0 amide bonds. The maximum atomic E-state index is 12.7. The van der Waals surface area contributed by atoms with Crippen molar-refractivity contribution in [1.29, 1.82) is 0 Å². The lowest BCUT2D eigenvalue weighted by atomic mass is 10.0. The number of pyridine rings is 1. The maximum Gasteiger partial charge on any atom is 0.434 e. The lowest BCUT2D eigenvalue weighted by molar-refractivity contribution is -0.140. The number of hydrogen-bond donors (Lipinski definition) is 2. The molecule has 0 aliphatic carbocycles. The van der Waals surface area contributed by atoms with E-state index in [-0.39, 0.29) is 36.6 Å². The van der Waals surface area contributed by atoms with Gasteiger partial charge in [0.15, 0.2) is 11.7 Å². The average Bonchev–Trinajstić information content (AvgIpc) is 3.18. The Kier molecular flexibility index (Phi) is 9.75. The molecule has 11 heteroatoms. The number of halogens is 4. The lowest BCUT2D eigenvalue weighted by Crippen LogP contribution is -2.48. The summed E-state index contributed by atoms with van der Waals surface area (Å²) in [5.74, 6) is 0.611. The molecule has 2 aromatic heterocycles. The third-order valence-corrected chi connectivity index (χ3v) is 5.43. The highest BCUT2D eigenvalue weighted by Crippen LogP contribution is 2.30. The first-order valence-corrected chi connectivity index (χ1v) is 10.5. The number of rotatable bonds is 6. The molecule has 3 heterocycles. The van der Waals surface area contributed by atoms with E-state index in [1.165, 1.54) is 0 Å². The first kappa shape index (κ1) is 24.8. The van der Waals surface area contributed by atoms with Crippen molar-refractivity contribution in [2.75, 3.05) is 19.6 Å². The van der Waals surface area contributed by atoms with Gasteiger partial charge >= 0.3 is 6.18 Å². The fraction of sp³-hybridized carbons (Fsp3) is 0.526. The summed E-state index contributed by atoms with van der Waals surface area (Å²) in [4.78, 5) is 14.8. The second kappa shape index (κ2) is 11.8. The first-order chi connectivity index (χ1) is 13.9. The zero-order valence-corrected chi connectivity index (χ0v) is 19.8. The third kappa shape index (κ3) is 7.65. The van der Waals surface area contributed by atoms with Crippen LogP contribution in [0.15, 0.2) is 34.8 Å². The van der Waals surface area contributed by atoms with Gasteiger partial charge in [-0.3, -0.25) is 9.88 Å². The van der Waals surface area contributed by atoms with Gasteiger partial charge in [-0.1, -0.05) is 6.07 Å². The molecule has 0 atom stereocenters. The molecule has 0 saturated carbocycles. The minimum absolute atomic E-state index is 0. The molecular weight excluding hydrogens is 528 g/mol. The van der Waals surface area contributed by atoms with Gasteiger partial charge in [0.2, 0.25) is 0 Å². The molecule has 0 bridgehead atoms. The monoisotopic (exact) mass is 554 g/mol. The molecule has 3 rings (SSSR count). The van der Waals surface area contributed by atoms with Crippen LogP contribution in [-0.2, 0) is 19.3 Å². The molecule has 1 aliphatic rings. The molecule has 6 nitrogen and oxygen atoms in total. The van der Waals surface area contributed by atoms with E-state index in [0.29, 0.717) is 17.5 Å². The summed E-state index contributed by atoms with van der Waals surface area (Å²) in [5, 5.41) is 7.94. The number of hydrogen-bond acceptors (Lipinski definition) is 5. The normalized spacial score (nSPS) is 16.2. The summed E-state index contributed by atoms with van der Waals surface area (Å²) >= 11 is 0.977. The molecule has 0 aromatic carbocycles. The lowest BCUT2D eigenvalue weighted by Gasteiger charge is -2.32. The van der Waals surface area contributed by atoms with Crippen LogP contribution < -0.4 is 10.6 Å². The Labute approximate surface area is 195 Å². The summed E-state index contributed by atoms with van der Waals surface area (Å²) in [6, 6.07) is 6.21. The zero-order valence-electron chi connectivity index (χ0n) is 16.7. The van der Waals surface area contributed by atoms with Gasteiger partial charge in [-0.05, 0) is 31.9 Å². The summed E-state index contributed by atoms with van der Waals surface area (Å²) in [6.45, 7) is 5.50. The Morgan fingerprint density at radius 3 is 2.67 bits per heavy atom. The summed E-state index contributed by atoms with van der Waals surface area (Å²) in [6.07, 6.45) is -0.674. The Hall–Kier alpha value is -1.47. The largest absolute Gasteiger partial charge is 0.434 e. The smallest absolute Gasteiger partial charge is 0.357 e. The minimum Gasteiger partial charge on any atom is -0.357 e. The SMILES string of the molecule is CCNC(=NCc1nc(C(F)(F)F)cs1)NC1CCN(Cc2ccccn2)CC1.I. The van der Waals surface area contributed by atoms with Gasteiger partial charge < -0.3 is 10.6 Å². The van der Waals surface area contributed by atoms with Crippen molar-refractivity contribution in [2.24, 2.45) is 4.99 Å². The van der Waals surface area contributed by atoms with Crippen LogP contribution >= 0.6 is 35.3 Å². The fourth-order valence-electron chi connectivity index (χ4n) is 3.13. The number of nitrogens with one attached hydrogen (secondary N) is 2. The van der Waals surface area contributed by atoms with E-state index >= 15 is 0 Å². The summed E-state index contributed by atoms with van der Waals surface area (Å²) in [7, 11) is 0. The Morgan fingerprint density at radius 2 is 2.07 bits per heavy atom. The number of piperidine rings is 1. The minimum atomic E-state index is -4.41. The van der Waals surface area contributed by atoms with Crippen LogP contribution in [0.25, 0.3) is 0 Å². The molecule has 1 aliphatic heterocycles. The standard InChI is InChI=1S/C19H25F3N6S.HI/c1-2-23-18(25-11-17-27-16(13-29-17)19(20,21)22)26-14-6-9-28(10-7-14)12-15-5-3-4-8-24-15;/h3-5,8,13-14H,2,6-7,9-12H2,1H3,(H2,23,25,26);1H. The van der Waals surface area contributed by atoms with Crippen LogP contribution in [0.2, 0.25) is 0 Å². The van der Waals surface area contributed by atoms with E-state index < -0.39 is 11.9 Å². The predicted molar refractivity (Wildman–Crippen MR) is 123 cm³/mol. The number of likely N-dealkylation sites (tertiary alicyclic amines) is 1. The van der Waals surface area contributed by atoms with Crippen LogP contribution in [0.1, 0.15) is 36.2 Å². The number of aliphatic imine (C=N–C) groups is 1. The molecule has 30 heavy (non-hydrogen) atoms. The third-order valence-electron chi connectivity index (χ3n) is 4.60. The predicted octanol–water partition coefficient (Wildman–Crippen LogP) is 3.89. The van der Waals surface area contributed by atoms with E-state index in [1.54, 1.807) is 0 Å². The molecule has 0 unspecified atom stereocenters. The molecule has 0 spiro atoms. The van der Waals surface area contributed by atoms with Crippen molar-refractivity contribution in [3.8, 4) is 0 Å². The number of thiazole rings is 1. The molecule has 166 valence electrons. The number of nitrogens with zero attached hydrogens (tertiary/aromatic N) is 4. The summed E-state index contributed by atoms with van der Waals surface area (Å²) < 4.78 is 38.0. The molecular formula is C19H26F3IN6S. The van der Waals surface area contributed by atoms with Crippen LogP contribution in [0.3, 0.4) is 0 Å².